The van der Waals surface area contributed by atoms with Gasteiger partial charge in [-0.15, -0.1) is 10.2 Å². The monoisotopic (exact) mass is 485 g/mol. The topological polar surface area (TPSA) is 56.1 Å². The zero-order valence-corrected chi connectivity index (χ0v) is 21.4. The van der Waals surface area contributed by atoms with Crippen molar-refractivity contribution in [2.45, 2.75) is 30.3 Å². The average Bonchev–Trinajstić information content (AvgIpc) is 3.25. The molecule has 0 spiro atoms. The van der Waals surface area contributed by atoms with E-state index in [1.54, 1.807) is 18.9 Å². The van der Waals surface area contributed by atoms with Crippen molar-refractivity contribution in [3.05, 3.63) is 65.9 Å². The zero-order chi connectivity index (χ0) is 24.0. The number of hydrogen-bond acceptors (Lipinski definition) is 6. The summed E-state index contributed by atoms with van der Waals surface area (Å²) < 4.78 is 7.45. The van der Waals surface area contributed by atoms with Gasteiger partial charge in [-0.25, -0.2) is 0 Å². The number of fused-ring (bicyclic) bond motifs is 2. The van der Waals surface area contributed by atoms with Gasteiger partial charge in [0.05, 0.1) is 12.6 Å². The molecule has 6 nitrogen and oxygen atoms in total. The van der Waals surface area contributed by atoms with Crippen molar-refractivity contribution < 1.29 is 4.74 Å². The summed E-state index contributed by atoms with van der Waals surface area (Å²) in [5.74, 6) is 3.68. The Labute approximate surface area is 210 Å². The zero-order valence-electron chi connectivity index (χ0n) is 20.6. The number of rotatable bonds is 8. The Hall–Kier alpha value is -2.90. The Morgan fingerprint density at radius 2 is 1.94 bits per heavy atom. The van der Waals surface area contributed by atoms with Gasteiger partial charge in [-0.05, 0) is 62.1 Å². The number of likely N-dealkylation sites (tertiary alicyclic amines) is 1. The number of thioether (sulfide) groups is 1. The van der Waals surface area contributed by atoms with E-state index in [1.165, 1.54) is 25.1 Å². The summed E-state index contributed by atoms with van der Waals surface area (Å²) in [7, 11) is 3.79. The van der Waals surface area contributed by atoms with Crippen molar-refractivity contribution in [1.29, 1.82) is 0 Å². The van der Waals surface area contributed by atoms with E-state index in [0.717, 1.165) is 63.5 Å². The molecule has 0 unspecified atom stereocenters. The number of pyridine rings is 1. The summed E-state index contributed by atoms with van der Waals surface area (Å²) in [4.78, 5) is 7.31. The predicted octanol–water partition coefficient (Wildman–Crippen LogP) is 5.10. The van der Waals surface area contributed by atoms with Gasteiger partial charge in [-0.3, -0.25) is 4.98 Å². The molecule has 3 heterocycles. The molecule has 2 aliphatic rings. The molecule has 2 fully saturated rings. The van der Waals surface area contributed by atoms with Gasteiger partial charge in [0.15, 0.2) is 11.0 Å². The number of aromatic nitrogens is 4. The highest BCUT2D eigenvalue weighted by atomic mass is 32.2. The lowest BCUT2D eigenvalue weighted by atomic mass is 9.95. The Kier molecular flexibility index (Phi) is 5.77. The average molecular weight is 486 g/mol. The highest BCUT2D eigenvalue weighted by Crippen LogP contribution is 2.59. The molecule has 1 saturated heterocycles. The number of hydrogen-bond donors (Lipinski definition) is 0. The van der Waals surface area contributed by atoms with Crippen LogP contribution in [0.3, 0.4) is 0 Å². The van der Waals surface area contributed by atoms with E-state index in [-0.39, 0.29) is 0 Å². The molecule has 35 heavy (non-hydrogen) atoms. The molecule has 7 heteroatoms. The summed E-state index contributed by atoms with van der Waals surface area (Å²) in [5, 5.41) is 11.1. The van der Waals surface area contributed by atoms with Gasteiger partial charge >= 0.3 is 0 Å². The minimum absolute atomic E-state index is 0.379. The third kappa shape index (κ3) is 4.10. The molecule has 0 radical (unpaired) electrons. The predicted molar refractivity (Wildman–Crippen MR) is 141 cm³/mol. The molecule has 4 aromatic rings. The summed E-state index contributed by atoms with van der Waals surface area (Å²) >= 11 is 1.80. The first-order valence-corrected chi connectivity index (χ1v) is 13.3. The van der Waals surface area contributed by atoms with Crippen LogP contribution in [-0.2, 0) is 12.5 Å². The van der Waals surface area contributed by atoms with Crippen molar-refractivity contribution in [3.63, 3.8) is 0 Å². The van der Waals surface area contributed by atoms with Gasteiger partial charge in [0, 0.05) is 47.9 Å². The van der Waals surface area contributed by atoms with E-state index in [1.807, 2.05) is 13.0 Å². The van der Waals surface area contributed by atoms with Gasteiger partial charge in [-0.1, -0.05) is 42.1 Å². The number of piperidine rings is 1. The standard InChI is InChI=1S/C28H31N5OS/c1-19-8-13-23-24(6-4-7-25(23)29-19)26-30-31-27(32(26)2)35-15-5-14-33-17-21-16-28(21,18-33)20-9-11-22(34-3)12-10-20/h4,6-13,21H,5,14-18H2,1-3H3/t21-,28-/m0/s1. The quantitative estimate of drug-likeness (QED) is 0.256. The fourth-order valence-electron chi connectivity index (χ4n) is 5.71. The molecule has 2 aromatic heterocycles. The fourth-order valence-corrected chi connectivity index (χ4v) is 6.54. The van der Waals surface area contributed by atoms with Crippen molar-refractivity contribution >= 4 is 22.7 Å². The maximum atomic E-state index is 5.33. The van der Waals surface area contributed by atoms with E-state index in [4.69, 9.17) is 4.74 Å². The van der Waals surface area contributed by atoms with Crippen LogP contribution in [-0.4, -0.2) is 57.1 Å². The summed E-state index contributed by atoms with van der Waals surface area (Å²) in [5.41, 5.74) is 4.96. The molecule has 0 N–H and O–H groups in total. The molecule has 6 rings (SSSR count). The van der Waals surface area contributed by atoms with Crippen molar-refractivity contribution in [2.75, 3.05) is 32.5 Å². The third-order valence-electron chi connectivity index (χ3n) is 7.68. The summed E-state index contributed by atoms with van der Waals surface area (Å²) in [6.07, 6.45) is 2.48. The molecule has 1 saturated carbocycles. The Morgan fingerprint density at radius 3 is 2.77 bits per heavy atom. The Bertz CT molecular complexity index is 1370. The number of aryl methyl sites for hydroxylation is 1. The maximum absolute atomic E-state index is 5.33. The highest BCUT2D eigenvalue weighted by Gasteiger charge is 2.60. The fraction of sp³-hybridized carbons (Fsp3) is 0.393. The molecule has 1 aliphatic heterocycles. The van der Waals surface area contributed by atoms with Crippen molar-refractivity contribution in [1.82, 2.24) is 24.6 Å². The number of methoxy groups -OCH3 is 1. The van der Waals surface area contributed by atoms with Gasteiger partial charge in [-0.2, -0.15) is 0 Å². The van der Waals surface area contributed by atoms with Crippen LogP contribution in [0, 0.1) is 12.8 Å². The van der Waals surface area contributed by atoms with E-state index < -0.39 is 0 Å². The van der Waals surface area contributed by atoms with Gasteiger partial charge in [0.2, 0.25) is 0 Å². The molecule has 1 aliphatic carbocycles. The summed E-state index contributed by atoms with van der Waals surface area (Å²) in [6, 6.07) is 19.1. The molecule has 180 valence electrons. The van der Waals surface area contributed by atoms with Crippen LogP contribution in [0.1, 0.15) is 24.1 Å². The SMILES string of the molecule is COc1ccc([C@@]23C[C@H]2CN(CCCSc2nnc(-c4cccc5nc(C)ccc45)n2C)C3)cc1. The second-order valence-corrected chi connectivity index (χ2v) is 11.0. The van der Waals surface area contributed by atoms with Gasteiger partial charge < -0.3 is 14.2 Å². The van der Waals surface area contributed by atoms with Gasteiger partial charge in [0.25, 0.3) is 0 Å². The van der Waals surface area contributed by atoms with E-state index in [2.05, 4.69) is 80.2 Å². The van der Waals surface area contributed by atoms with Crippen LogP contribution < -0.4 is 4.74 Å². The van der Waals surface area contributed by atoms with E-state index >= 15 is 0 Å². The first kappa shape index (κ1) is 22.6. The van der Waals surface area contributed by atoms with E-state index in [9.17, 15) is 0 Å². The van der Waals surface area contributed by atoms with Crippen molar-refractivity contribution in [3.8, 4) is 17.1 Å². The molecule has 0 amide bonds. The van der Waals surface area contributed by atoms with E-state index in [0.29, 0.717) is 5.41 Å². The van der Waals surface area contributed by atoms with Crippen LogP contribution in [0.5, 0.6) is 5.75 Å². The number of benzene rings is 2. The van der Waals surface area contributed by atoms with Crippen LogP contribution in [0.4, 0.5) is 0 Å². The Morgan fingerprint density at radius 1 is 1.09 bits per heavy atom. The first-order chi connectivity index (χ1) is 17.1. The number of ether oxygens (including phenoxy) is 1. The lowest BCUT2D eigenvalue weighted by Crippen LogP contribution is -2.27. The Balaban J connectivity index is 1.05. The lowest BCUT2D eigenvalue weighted by Gasteiger charge is -2.21. The third-order valence-corrected chi connectivity index (χ3v) is 8.78. The largest absolute Gasteiger partial charge is 0.497 e. The maximum Gasteiger partial charge on any atom is 0.191 e. The molecule has 2 atom stereocenters. The second kappa shape index (κ2) is 8.95. The number of nitrogens with zero attached hydrogens (tertiary/aromatic N) is 5. The van der Waals surface area contributed by atoms with Crippen LogP contribution in [0.25, 0.3) is 22.3 Å². The molecular weight excluding hydrogens is 454 g/mol. The minimum atomic E-state index is 0.379. The van der Waals surface area contributed by atoms with Crippen molar-refractivity contribution in [2.24, 2.45) is 13.0 Å². The second-order valence-electron chi connectivity index (χ2n) is 9.91. The normalized spacial score (nSPS) is 21.4. The highest BCUT2D eigenvalue weighted by molar-refractivity contribution is 7.99. The van der Waals surface area contributed by atoms with Crippen LogP contribution >= 0.6 is 11.8 Å². The molecular formula is C28H31N5OS. The molecule has 2 aromatic carbocycles. The molecule has 0 bridgehead atoms. The minimum Gasteiger partial charge on any atom is -0.497 e. The van der Waals surface area contributed by atoms with Gasteiger partial charge in [0.1, 0.15) is 5.75 Å². The van der Waals surface area contributed by atoms with Crippen LogP contribution in [0.15, 0.2) is 59.8 Å². The summed E-state index contributed by atoms with van der Waals surface area (Å²) in [6.45, 7) is 5.56. The van der Waals surface area contributed by atoms with Crippen LogP contribution in [0.2, 0.25) is 0 Å². The first-order valence-electron chi connectivity index (χ1n) is 12.3. The smallest absolute Gasteiger partial charge is 0.191 e. The lowest BCUT2D eigenvalue weighted by molar-refractivity contribution is 0.299.